The van der Waals surface area contributed by atoms with Gasteiger partial charge in [-0.15, -0.1) is 0 Å². The van der Waals surface area contributed by atoms with Crippen LogP contribution in [0.25, 0.3) is 10.9 Å². The summed E-state index contributed by atoms with van der Waals surface area (Å²) in [6.07, 6.45) is 0.868. The second kappa shape index (κ2) is 8.60. The van der Waals surface area contributed by atoms with E-state index in [-0.39, 0.29) is 5.56 Å². The van der Waals surface area contributed by atoms with Crippen molar-refractivity contribution in [3.8, 4) is 17.2 Å². The van der Waals surface area contributed by atoms with Crippen molar-refractivity contribution >= 4 is 10.9 Å². The Balaban J connectivity index is 1.71. The number of fused-ring (bicyclic) bond motifs is 1. The lowest BCUT2D eigenvalue weighted by atomic mass is 10.1. The summed E-state index contributed by atoms with van der Waals surface area (Å²) in [7, 11) is 4.84. The van der Waals surface area contributed by atoms with E-state index in [0.29, 0.717) is 29.1 Å². The van der Waals surface area contributed by atoms with Gasteiger partial charge in [0.05, 0.1) is 26.8 Å². The van der Waals surface area contributed by atoms with E-state index < -0.39 is 0 Å². The molecule has 142 valence electrons. The molecule has 1 aromatic heterocycles. The van der Waals surface area contributed by atoms with Gasteiger partial charge >= 0.3 is 0 Å². The summed E-state index contributed by atoms with van der Waals surface area (Å²) < 4.78 is 15.9. The normalized spacial score (nSPS) is 10.8. The van der Waals surface area contributed by atoms with Gasteiger partial charge in [0.1, 0.15) is 17.2 Å². The average Bonchev–Trinajstić information content (AvgIpc) is 2.71. The Morgan fingerprint density at radius 1 is 0.926 bits per heavy atom. The minimum atomic E-state index is -0.133. The number of aromatic amines is 1. The van der Waals surface area contributed by atoms with Crippen molar-refractivity contribution in [3.05, 3.63) is 63.9 Å². The molecule has 1 heterocycles. The molecular weight excluding hydrogens is 344 g/mol. The van der Waals surface area contributed by atoms with Gasteiger partial charge in [0.2, 0.25) is 0 Å². The van der Waals surface area contributed by atoms with E-state index in [4.69, 9.17) is 14.2 Å². The van der Waals surface area contributed by atoms with E-state index in [2.05, 4.69) is 10.3 Å². The van der Waals surface area contributed by atoms with Gasteiger partial charge in [0, 0.05) is 17.5 Å². The third kappa shape index (κ3) is 4.23. The molecular formula is C21H24N2O4. The number of methoxy groups -OCH3 is 3. The molecule has 3 rings (SSSR count). The predicted molar refractivity (Wildman–Crippen MR) is 106 cm³/mol. The van der Waals surface area contributed by atoms with Gasteiger partial charge in [0.15, 0.2) is 0 Å². The number of hydrogen-bond donors (Lipinski definition) is 2. The number of ether oxygens (including phenoxy) is 3. The number of pyridine rings is 1. The summed E-state index contributed by atoms with van der Waals surface area (Å²) in [5.74, 6) is 2.15. The fourth-order valence-corrected chi connectivity index (χ4v) is 3.01. The zero-order chi connectivity index (χ0) is 19.2. The fourth-order valence-electron chi connectivity index (χ4n) is 3.01. The van der Waals surface area contributed by atoms with Crippen LogP contribution in [0.1, 0.15) is 11.1 Å². The number of aromatic nitrogens is 1. The average molecular weight is 368 g/mol. The van der Waals surface area contributed by atoms with Gasteiger partial charge < -0.3 is 24.5 Å². The van der Waals surface area contributed by atoms with E-state index in [9.17, 15) is 4.79 Å². The molecule has 0 fully saturated rings. The molecule has 0 radical (unpaired) electrons. The number of benzene rings is 2. The minimum Gasteiger partial charge on any atom is -0.497 e. The lowest BCUT2D eigenvalue weighted by Gasteiger charge is -2.11. The standard InChI is InChI=1S/C21H24N2O4/c1-25-16-6-4-14(5-7-16)10-11-22-13-15-12-17-18(26-2)8-9-19(27-3)20(17)23-21(15)24/h4-9,12,22H,10-11,13H2,1-3H3,(H,23,24). The first kappa shape index (κ1) is 18.8. The summed E-state index contributed by atoms with van der Waals surface area (Å²) in [5.41, 5.74) is 2.38. The lowest BCUT2D eigenvalue weighted by molar-refractivity contribution is 0.409. The third-order valence-electron chi connectivity index (χ3n) is 4.52. The lowest BCUT2D eigenvalue weighted by Crippen LogP contribution is -2.23. The van der Waals surface area contributed by atoms with Gasteiger partial charge in [-0.2, -0.15) is 0 Å². The minimum absolute atomic E-state index is 0.133. The highest BCUT2D eigenvalue weighted by Gasteiger charge is 2.11. The van der Waals surface area contributed by atoms with Crippen LogP contribution in [0.2, 0.25) is 0 Å². The van der Waals surface area contributed by atoms with Gasteiger partial charge in [-0.3, -0.25) is 4.79 Å². The number of hydrogen-bond acceptors (Lipinski definition) is 5. The Hall–Kier alpha value is -2.99. The van der Waals surface area contributed by atoms with Crippen molar-refractivity contribution in [2.24, 2.45) is 0 Å². The molecule has 6 heteroatoms. The molecule has 0 saturated carbocycles. The summed E-state index contributed by atoms with van der Waals surface area (Å²) >= 11 is 0. The van der Waals surface area contributed by atoms with Crippen molar-refractivity contribution in [3.63, 3.8) is 0 Å². The Kier molecular flexibility index (Phi) is 5.98. The number of nitrogens with one attached hydrogen (secondary N) is 2. The van der Waals surface area contributed by atoms with Crippen molar-refractivity contribution in [1.29, 1.82) is 0 Å². The van der Waals surface area contributed by atoms with E-state index in [1.807, 2.05) is 36.4 Å². The maximum absolute atomic E-state index is 12.4. The molecule has 0 aliphatic rings. The molecule has 0 aliphatic carbocycles. The molecule has 0 saturated heterocycles. The second-order valence-electron chi connectivity index (χ2n) is 6.16. The summed E-state index contributed by atoms with van der Waals surface area (Å²) in [6.45, 7) is 1.24. The summed E-state index contributed by atoms with van der Waals surface area (Å²) in [5, 5.41) is 4.15. The summed E-state index contributed by atoms with van der Waals surface area (Å²) in [4.78, 5) is 15.3. The first-order valence-corrected chi connectivity index (χ1v) is 8.76. The number of rotatable bonds is 8. The van der Waals surface area contributed by atoms with Crippen molar-refractivity contribution < 1.29 is 14.2 Å². The largest absolute Gasteiger partial charge is 0.497 e. The maximum atomic E-state index is 12.4. The van der Waals surface area contributed by atoms with E-state index in [0.717, 1.165) is 24.1 Å². The zero-order valence-corrected chi connectivity index (χ0v) is 15.8. The first-order valence-electron chi connectivity index (χ1n) is 8.76. The van der Waals surface area contributed by atoms with Crippen LogP contribution in [0.4, 0.5) is 0 Å². The molecule has 3 aromatic rings. The fraction of sp³-hybridized carbons (Fsp3) is 0.286. The molecule has 27 heavy (non-hydrogen) atoms. The van der Waals surface area contributed by atoms with Gasteiger partial charge in [-0.1, -0.05) is 12.1 Å². The van der Waals surface area contributed by atoms with Crippen LogP contribution in [-0.2, 0) is 13.0 Å². The van der Waals surface area contributed by atoms with Crippen LogP contribution >= 0.6 is 0 Å². The smallest absolute Gasteiger partial charge is 0.253 e. The predicted octanol–water partition coefficient (Wildman–Crippen LogP) is 2.89. The van der Waals surface area contributed by atoms with Crippen molar-refractivity contribution in [2.45, 2.75) is 13.0 Å². The molecule has 6 nitrogen and oxygen atoms in total. The second-order valence-corrected chi connectivity index (χ2v) is 6.16. The SMILES string of the molecule is COc1ccc(CCNCc2cc3c(OC)ccc(OC)c3[nH]c2=O)cc1. The van der Waals surface area contributed by atoms with Crippen LogP contribution in [0, 0.1) is 0 Å². The van der Waals surface area contributed by atoms with Crippen molar-refractivity contribution in [2.75, 3.05) is 27.9 Å². The number of H-pyrrole nitrogens is 1. The van der Waals surface area contributed by atoms with Crippen LogP contribution < -0.4 is 25.1 Å². The van der Waals surface area contributed by atoms with E-state index in [1.165, 1.54) is 5.56 Å². The molecule has 0 atom stereocenters. The molecule has 0 aliphatic heterocycles. The van der Waals surface area contributed by atoms with Crippen LogP contribution in [0.3, 0.4) is 0 Å². The molecule has 0 spiro atoms. The topological polar surface area (TPSA) is 72.6 Å². The first-order chi connectivity index (χ1) is 13.2. The summed E-state index contributed by atoms with van der Waals surface area (Å²) in [6, 6.07) is 13.5. The third-order valence-corrected chi connectivity index (χ3v) is 4.52. The Bertz CT molecular complexity index is 964. The highest BCUT2D eigenvalue weighted by Crippen LogP contribution is 2.31. The molecule has 2 aromatic carbocycles. The molecule has 0 amide bonds. The highest BCUT2D eigenvalue weighted by molar-refractivity contribution is 5.90. The maximum Gasteiger partial charge on any atom is 0.253 e. The quantitative estimate of drug-likeness (QED) is 0.598. The van der Waals surface area contributed by atoms with E-state index >= 15 is 0 Å². The Morgan fingerprint density at radius 2 is 1.63 bits per heavy atom. The molecule has 0 bridgehead atoms. The molecule has 2 N–H and O–H groups in total. The van der Waals surface area contributed by atoms with Gasteiger partial charge in [-0.05, 0) is 48.9 Å². The van der Waals surface area contributed by atoms with E-state index in [1.54, 1.807) is 27.4 Å². The highest BCUT2D eigenvalue weighted by atomic mass is 16.5. The van der Waals surface area contributed by atoms with Crippen molar-refractivity contribution in [1.82, 2.24) is 10.3 Å². The van der Waals surface area contributed by atoms with Gasteiger partial charge in [-0.25, -0.2) is 0 Å². The Morgan fingerprint density at radius 3 is 2.30 bits per heavy atom. The zero-order valence-electron chi connectivity index (χ0n) is 15.8. The van der Waals surface area contributed by atoms with Crippen LogP contribution in [0.5, 0.6) is 17.2 Å². The van der Waals surface area contributed by atoms with Crippen LogP contribution in [-0.4, -0.2) is 32.9 Å². The van der Waals surface area contributed by atoms with Crippen LogP contribution in [0.15, 0.2) is 47.3 Å². The van der Waals surface area contributed by atoms with Gasteiger partial charge in [0.25, 0.3) is 5.56 Å². The Labute approximate surface area is 158 Å². The molecule has 0 unspecified atom stereocenters. The monoisotopic (exact) mass is 368 g/mol.